The third-order valence-electron chi connectivity index (χ3n) is 4.74. The lowest BCUT2D eigenvalue weighted by atomic mass is 10.1. The molecule has 136 valence electrons. The highest BCUT2D eigenvalue weighted by atomic mass is 32.1. The van der Waals surface area contributed by atoms with Gasteiger partial charge >= 0.3 is 0 Å². The Hall–Kier alpha value is -1.00. The molecule has 1 unspecified atom stereocenters. The summed E-state index contributed by atoms with van der Waals surface area (Å²) in [5.41, 5.74) is 5.18. The van der Waals surface area contributed by atoms with E-state index in [4.69, 9.17) is 4.74 Å². The van der Waals surface area contributed by atoms with Crippen molar-refractivity contribution in [3.05, 3.63) is 23.2 Å². The molecule has 2 heterocycles. The fourth-order valence-corrected chi connectivity index (χ4v) is 4.32. The predicted octanol–water partition coefficient (Wildman–Crippen LogP) is 4.46. The largest absolute Gasteiger partial charge is 0.485 e. The van der Waals surface area contributed by atoms with E-state index in [0.717, 1.165) is 36.3 Å². The zero-order valence-corrected chi connectivity index (χ0v) is 17.2. The maximum Gasteiger partial charge on any atom is 0.147 e. The molecule has 1 aliphatic rings. The number of nitrogens with one attached hydrogen (secondary N) is 1. The van der Waals surface area contributed by atoms with Crippen LogP contribution in [0.5, 0.6) is 5.75 Å². The molecule has 1 saturated heterocycles. The number of benzene rings is 1. The lowest BCUT2D eigenvalue weighted by molar-refractivity contribution is 0.0676. The van der Waals surface area contributed by atoms with Gasteiger partial charge in [0.25, 0.3) is 0 Å². The standard InChI is InChI=1S/C19H28N3OPS/c1-4-6-7-14(5-2)21-19(24)22-10-15(11-22)23-16-8-13(3)9-17-18(16)20-12-25-17/h8-9,12,14-15,21,24H,4-7,10-11H2,1-3H3. The van der Waals surface area contributed by atoms with E-state index in [9.17, 15) is 0 Å². The summed E-state index contributed by atoms with van der Waals surface area (Å²) in [4.78, 5) is 6.75. The first-order valence-electron chi connectivity index (χ1n) is 9.21. The number of hydrogen-bond acceptors (Lipinski definition) is 3. The second kappa shape index (κ2) is 8.59. The molecular weight excluding hydrogens is 349 g/mol. The minimum absolute atomic E-state index is 0.218. The highest BCUT2D eigenvalue weighted by Gasteiger charge is 2.31. The molecule has 0 amide bonds. The van der Waals surface area contributed by atoms with E-state index >= 15 is 0 Å². The van der Waals surface area contributed by atoms with Crippen molar-refractivity contribution in [1.29, 1.82) is 0 Å². The molecular formula is C19H28N3OPS. The number of aromatic nitrogens is 1. The van der Waals surface area contributed by atoms with Crippen LogP contribution < -0.4 is 10.1 Å². The molecule has 1 N–H and O–H groups in total. The Morgan fingerprint density at radius 2 is 2.24 bits per heavy atom. The van der Waals surface area contributed by atoms with Crippen LogP contribution in [0.25, 0.3) is 10.2 Å². The average Bonchev–Trinajstić information content (AvgIpc) is 3.02. The van der Waals surface area contributed by atoms with Gasteiger partial charge in [0.2, 0.25) is 0 Å². The Morgan fingerprint density at radius 3 is 2.96 bits per heavy atom. The van der Waals surface area contributed by atoms with Crippen molar-refractivity contribution >= 4 is 36.0 Å². The molecule has 6 heteroatoms. The fourth-order valence-electron chi connectivity index (χ4n) is 3.14. The van der Waals surface area contributed by atoms with Crippen molar-refractivity contribution in [3.8, 4) is 5.75 Å². The lowest BCUT2D eigenvalue weighted by Gasteiger charge is -2.40. The molecule has 0 spiro atoms. The van der Waals surface area contributed by atoms with Gasteiger partial charge in [-0.25, -0.2) is 4.98 Å². The SMILES string of the molecule is CCCCC(CC)NC(=P)N1CC(Oc2cc(C)cc3scnc23)C1. The quantitative estimate of drug-likeness (QED) is 0.655. The van der Waals surface area contributed by atoms with E-state index in [1.54, 1.807) is 11.3 Å². The Kier molecular flexibility index (Phi) is 6.45. The van der Waals surface area contributed by atoms with Crippen LogP contribution in [0.1, 0.15) is 45.1 Å². The molecule has 0 bridgehead atoms. The van der Waals surface area contributed by atoms with E-state index in [2.05, 4.69) is 57.0 Å². The van der Waals surface area contributed by atoms with Gasteiger partial charge < -0.3 is 4.74 Å². The molecule has 1 aliphatic heterocycles. The Balaban J connectivity index is 1.52. The highest BCUT2D eigenvalue weighted by Crippen LogP contribution is 2.31. The summed E-state index contributed by atoms with van der Waals surface area (Å²) in [5.74, 6) is 0.916. The molecule has 3 rings (SSSR count). The number of aryl methyl sites for hydroxylation is 1. The highest BCUT2D eigenvalue weighted by molar-refractivity contribution is 7.20. The molecule has 0 radical (unpaired) electrons. The molecule has 1 fully saturated rings. The van der Waals surface area contributed by atoms with Crippen molar-refractivity contribution in [1.82, 2.24) is 15.2 Å². The first-order chi connectivity index (χ1) is 12.1. The second-order valence-electron chi connectivity index (χ2n) is 6.85. The molecule has 4 nitrogen and oxygen atoms in total. The average molecular weight is 377 g/mol. The molecule has 2 aromatic rings. The number of ether oxygens (including phenoxy) is 1. The van der Waals surface area contributed by atoms with Crippen LogP contribution in [0.2, 0.25) is 0 Å². The number of thiazole rings is 1. The van der Waals surface area contributed by atoms with Gasteiger partial charge in [0.05, 0.1) is 15.8 Å². The minimum atomic E-state index is 0.218. The Morgan fingerprint density at radius 1 is 1.44 bits per heavy atom. The molecule has 0 aliphatic carbocycles. The van der Waals surface area contributed by atoms with Crippen molar-refractivity contribution in [3.63, 3.8) is 0 Å². The normalized spacial score (nSPS) is 16.8. The second-order valence-corrected chi connectivity index (χ2v) is 8.21. The van der Waals surface area contributed by atoms with Crippen LogP contribution in [0.3, 0.4) is 0 Å². The van der Waals surface area contributed by atoms with Crippen LogP contribution >= 0.6 is 20.2 Å². The van der Waals surface area contributed by atoms with Gasteiger partial charge in [0, 0.05) is 19.1 Å². The number of rotatable bonds is 9. The Bertz CT molecular complexity index is 727. The van der Waals surface area contributed by atoms with Gasteiger partial charge in [-0.1, -0.05) is 35.6 Å². The molecule has 0 saturated carbocycles. The van der Waals surface area contributed by atoms with Gasteiger partial charge in [-0.2, -0.15) is 0 Å². The zero-order valence-electron chi connectivity index (χ0n) is 15.3. The number of nitrogens with zero attached hydrogens (tertiary/aromatic N) is 2. The number of hydrogen-bond donors (Lipinski definition) is 1. The van der Waals surface area contributed by atoms with Crippen molar-refractivity contribution in [2.24, 2.45) is 0 Å². The first-order valence-corrected chi connectivity index (χ1v) is 10.6. The summed E-state index contributed by atoms with van der Waals surface area (Å²) in [6, 6.07) is 4.81. The number of fused-ring (bicyclic) bond motifs is 1. The van der Waals surface area contributed by atoms with E-state index in [1.807, 2.05) is 5.51 Å². The van der Waals surface area contributed by atoms with Crippen molar-refractivity contribution in [2.75, 3.05) is 13.1 Å². The van der Waals surface area contributed by atoms with Crippen LogP contribution in [-0.2, 0) is 0 Å². The fraction of sp³-hybridized carbons (Fsp3) is 0.579. The van der Waals surface area contributed by atoms with Gasteiger partial charge in [0.15, 0.2) is 0 Å². The van der Waals surface area contributed by atoms with Gasteiger partial charge in [-0.15, -0.1) is 11.3 Å². The van der Waals surface area contributed by atoms with E-state index in [1.165, 1.54) is 29.5 Å². The van der Waals surface area contributed by atoms with Crippen LogP contribution in [-0.4, -0.2) is 40.7 Å². The van der Waals surface area contributed by atoms with E-state index < -0.39 is 0 Å². The third-order valence-corrected chi connectivity index (χ3v) is 5.98. The Labute approximate surface area is 156 Å². The van der Waals surface area contributed by atoms with Crippen molar-refractivity contribution in [2.45, 2.75) is 58.6 Å². The van der Waals surface area contributed by atoms with E-state index in [0.29, 0.717) is 6.04 Å². The van der Waals surface area contributed by atoms with Crippen LogP contribution in [0.4, 0.5) is 0 Å². The van der Waals surface area contributed by atoms with Crippen LogP contribution in [0.15, 0.2) is 17.6 Å². The number of unbranched alkanes of at least 4 members (excludes halogenated alkanes) is 1. The van der Waals surface area contributed by atoms with E-state index in [-0.39, 0.29) is 6.10 Å². The maximum absolute atomic E-state index is 6.22. The summed E-state index contributed by atoms with van der Waals surface area (Å²) in [6.07, 6.45) is 5.10. The van der Waals surface area contributed by atoms with Crippen molar-refractivity contribution < 1.29 is 4.74 Å². The third kappa shape index (κ3) is 4.59. The molecule has 25 heavy (non-hydrogen) atoms. The van der Waals surface area contributed by atoms with Gasteiger partial charge in [-0.3, -0.25) is 10.2 Å². The lowest BCUT2D eigenvalue weighted by Crippen LogP contribution is -2.59. The summed E-state index contributed by atoms with van der Waals surface area (Å²) >= 11 is 1.67. The van der Waals surface area contributed by atoms with Gasteiger partial charge in [0.1, 0.15) is 17.4 Å². The first kappa shape index (κ1) is 18.8. The maximum atomic E-state index is 6.22. The summed E-state index contributed by atoms with van der Waals surface area (Å²) in [6.45, 7) is 8.39. The topological polar surface area (TPSA) is 37.4 Å². The summed E-state index contributed by atoms with van der Waals surface area (Å²) < 4.78 is 7.42. The van der Waals surface area contributed by atoms with Crippen LogP contribution in [0, 0.1) is 6.92 Å². The molecule has 1 atom stereocenters. The number of likely N-dealkylation sites (tertiary alicyclic amines) is 1. The smallest absolute Gasteiger partial charge is 0.147 e. The molecule has 1 aromatic heterocycles. The zero-order chi connectivity index (χ0) is 17.8. The minimum Gasteiger partial charge on any atom is -0.485 e. The summed E-state index contributed by atoms with van der Waals surface area (Å²) in [7, 11) is 3.77. The monoisotopic (exact) mass is 377 g/mol. The summed E-state index contributed by atoms with van der Waals surface area (Å²) in [5, 5.41) is 3.61. The van der Waals surface area contributed by atoms with Gasteiger partial charge in [-0.05, 0) is 37.5 Å². The predicted molar refractivity (Wildman–Crippen MR) is 110 cm³/mol. The molecule has 1 aromatic carbocycles.